The second kappa shape index (κ2) is 18.5. The second-order valence-electron chi connectivity index (χ2n) is 24.6. The van der Waals surface area contributed by atoms with Gasteiger partial charge >= 0.3 is 0 Å². The Kier molecular flexibility index (Phi) is 11.6. The summed E-state index contributed by atoms with van der Waals surface area (Å²) in [5.41, 5.74) is 20.8. The first-order valence-electron chi connectivity index (χ1n) is 27.7. The molecule has 0 aliphatic rings. The van der Waals surface area contributed by atoms with Gasteiger partial charge in [-0.2, -0.15) is 0 Å². The molecule has 0 N–H and O–H groups in total. The van der Waals surface area contributed by atoms with Gasteiger partial charge in [0.1, 0.15) is 0 Å². The highest BCUT2D eigenvalue weighted by Gasteiger charge is 2.25. The maximum atomic E-state index is 2.51. The highest BCUT2D eigenvalue weighted by Crippen LogP contribution is 2.49. The molecule has 1 heterocycles. The standard InChI is InChI=1S/C76H66N2/c1-74(2,3)56-38-30-52(31-39-56)60-18-10-11-19-61(60)62-20-12-15-23-67(62)77(59-40-32-50(33-41-59)49-26-28-51(29-27-49)55-46-57(75(4,5)6)48-58(47-55)76(7,8)9)70-44-36-53-35-43-66-71(45-37-54-34-42-65(70)72(53)73(54)66)78-68-24-16-13-21-63(68)64-22-14-17-25-69(64)78/h10-48H,1-9H3. The SMILES string of the molecule is CC(C)(C)c1ccc(-c2ccccc2-c2ccccc2N(c2ccc(-c3ccc(-c4cc(C(C)(C)C)cc(C(C)(C)C)c4)cc3)cc2)c2ccc3ccc4c(-n5c6ccccc6c6ccccc65)ccc5ccc2c3c54)cc1. The Hall–Kier alpha value is -8.72. The van der Waals surface area contributed by atoms with E-state index in [1.807, 2.05) is 0 Å². The average molecular weight is 1010 g/mol. The molecule has 0 amide bonds. The molecule has 0 fully saturated rings. The van der Waals surface area contributed by atoms with Crippen LogP contribution in [0.2, 0.25) is 0 Å². The fourth-order valence-electron chi connectivity index (χ4n) is 12.1. The summed E-state index contributed by atoms with van der Waals surface area (Å²) in [6.07, 6.45) is 0. The summed E-state index contributed by atoms with van der Waals surface area (Å²) in [5.74, 6) is 0. The molecular weight excluding hydrogens is 941 g/mol. The first-order chi connectivity index (χ1) is 37.6. The van der Waals surface area contributed by atoms with Gasteiger partial charge in [0.05, 0.1) is 28.1 Å². The number of hydrogen-bond acceptors (Lipinski definition) is 1. The first-order valence-corrected chi connectivity index (χ1v) is 27.7. The van der Waals surface area contributed by atoms with E-state index >= 15 is 0 Å². The maximum Gasteiger partial charge on any atom is 0.0541 e. The van der Waals surface area contributed by atoms with Gasteiger partial charge < -0.3 is 9.47 Å². The second-order valence-corrected chi connectivity index (χ2v) is 24.6. The lowest BCUT2D eigenvalue weighted by Crippen LogP contribution is -2.16. The third-order valence-corrected chi connectivity index (χ3v) is 16.4. The van der Waals surface area contributed by atoms with E-state index in [4.69, 9.17) is 0 Å². The quantitative estimate of drug-likeness (QED) is 0.138. The van der Waals surface area contributed by atoms with E-state index in [9.17, 15) is 0 Å². The first kappa shape index (κ1) is 48.9. The normalized spacial score (nSPS) is 12.4. The van der Waals surface area contributed by atoms with Crippen LogP contribution in [0.5, 0.6) is 0 Å². The number of benzene rings is 12. The zero-order valence-corrected chi connectivity index (χ0v) is 46.4. The molecule has 12 aromatic carbocycles. The molecule has 78 heavy (non-hydrogen) atoms. The highest BCUT2D eigenvalue weighted by molar-refractivity contribution is 6.27. The molecular formula is C76H66N2. The van der Waals surface area contributed by atoms with Crippen molar-refractivity contribution in [2.24, 2.45) is 0 Å². The monoisotopic (exact) mass is 1010 g/mol. The molecule has 0 unspecified atom stereocenters. The third kappa shape index (κ3) is 8.43. The summed E-state index contributed by atoms with van der Waals surface area (Å²) < 4.78 is 2.47. The van der Waals surface area contributed by atoms with Crippen LogP contribution in [0.15, 0.2) is 237 Å². The van der Waals surface area contributed by atoms with Gasteiger partial charge in [-0.3, -0.25) is 0 Å². The van der Waals surface area contributed by atoms with Crippen LogP contribution in [0.25, 0.3) is 104 Å². The van der Waals surface area contributed by atoms with Crippen molar-refractivity contribution in [2.45, 2.75) is 78.6 Å². The van der Waals surface area contributed by atoms with Crippen LogP contribution in [0.4, 0.5) is 17.1 Å². The van der Waals surface area contributed by atoms with Crippen molar-refractivity contribution in [1.29, 1.82) is 0 Å². The van der Waals surface area contributed by atoms with Crippen LogP contribution < -0.4 is 4.90 Å². The van der Waals surface area contributed by atoms with Crippen LogP contribution in [0.1, 0.15) is 79.0 Å². The van der Waals surface area contributed by atoms with E-state index in [2.05, 4.69) is 308 Å². The summed E-state index contributed by atoms with van der Waals surface area (Å²) in [7, 11) is 0. The van der Waals surface area contributed by atoms with Crippen molar-refractivity contribution >= 4 is 71.2 Å². The van der Waals surface area contributed by atoms with E-state index in [-0.39, 0.29) is 16.2 Å². The van der Waals surface area contributed by atoms with Crippen molar-refractivity contribution in [3.8, 4) is 50.2 Å². The molecule has 0 spiro atoms. The Balaban J connectivity index is 0.981. The molecule has 13 rings (SSSR count). The highest BCUT2D eigenvalue weighted by atomic mass is 15.1. The largest absolute Gasteiger partial charge is 0.309 e. The van der Waals surface area contributed by atoms with Crippen LogP contribution >= 0.6 is 0 Å². The summed E-state index contributed by atoms with van der Waals surface area (Å²) in [6, 6.07) is 89.0. The predicted octanol–water partition coefficient (Wildman–Crippen LogP) is 21.7. The Morgan fingerprint density at radius 2 is 0.744 bits per heavy atom. The Morgan fingerprint density at radius 1 is 0.295 bits per heavy atom. The van der Waals surface area contributed by atoms with E-state index < -0.39 is 0 Å². The molecule has 0 atom stereocenters. The van der Waals surface area contributed by atoms with Crippen molar-refractivity contribution in [2.75, 3.05) is 4.90 Å². The van der Waals surface area contributed by atoms with E-state index in [0.717, 1.165) is 22.6 Å². The van der Waals surface area contributed by atoms with Crippen LogP contribution in [-0.2, 0) is 16.2 Å². The number of aromatic nitrogens is 1. The summed E-state index contributed by atoms with van der Waals surface area (Å²) in [4.78, 5) is 2.51. The van der Waals surface area contributed by atoms with Gasteiger partial charge in [-0.25, -0.2) is 0 Å². The van der Waals surface area contributed by atoms with Crippen molar-refractivity contribution < 1.29 is 0 Å². The third-order valence-electron chi connectivity index (χ3n) is 16.4. The molecule has 2 heteroatoms. The van der Waals surface area contributed by atoms with Gasteiger partial charge in [0.15, 0.2) is 0 Å². The molecule has 13 aromatic rings. The lowest BCUT2D eigenvalue weighted by atomic mass is 9.79. The van der Waals surface area contributed by atoms with Gasteiger partial charge in [0.25, 0.3) is 0 Å². The van der Waals surface area contributed by atoms with Crippen molar-refractivity contribution in [1.82, 2.24) is 4.57 Å². The minimum absolute atomic E-state index is 0.0450. The van der Waals surface area contributed by atoms with Crippen LogP contribution in [0, 0.1) is 0 Å². The van der Waals surface area contributed by atoms with Crippen molar-refractivity contribution in [3.05, 3.63) is 253 Å². The molecule has 380 valence electrons. The lowest BCUT2D eigenvalue weighted by molar-refractivity contribution is 0.569. The zero-order chi connectivity index (χ0) is 53.7. The van der Waals surface area contributed by atoms with Crippen molar-refractivity contribution in [3.63, 3.8) is 0 Å². The average Bonchev–Trinajstić information content (AvgIpc) is 3.97. The fraction of sp³-hybridized carbons (Fsp3) is 0.158. The number of rotatable bonds is 8. The minimum atomic E-state index is 0.0450. The van der Waals surface area contributed by atoms with E-state index in [1.165, 1.54) is 115 Å². The molecule has 1 aromatic heterocycles. The zero-order valence-electron chi connectivity index (χ0n) is 46.4. The molecule has 2 nitrogen and oxygen atoms in total. The molecule has 0 saturated carbocycles. The van der Waals surface area contributed by atoms with Crippen LogP contribution in [-0.4, -0.2) is 4.57 Å². The fourth-order valence-corrected chi connectivity index (χ4v) is 12.1. The van der Waals surface area contributed by atoms with Gasteiger partial charge in [-0.15, -0.1) is 0 Å². The molecule has 0 radical (unpaired) electrons. The molecule has 0 bridgehead atoms. The summed E-state index contributed by atoms with van der Waals surface area (Å²) in [5, 5.41) is 9.97. The smallest absolute Gasteiger partial charge is 0.0541 e. The van der Waals surface area contributed by atoms with Gasteiger partial charge in [-0.05, 0) is 136 Å². The molecule has 0 saturated heterocycles. The van der Waals surface area contributed by atoms with E-state index in [1.54, 1.807) is 0 Å². The lowest BCUT2D eigenvalue weighted by Gasteiger charge is -2.30. The number of para-hydroxylation sites is 3. The predicted molar refractivity (Wildman–Crippen MR) is 337 cm³/mol. The minimum Gasteiger partial charge on any atom is -0.309 e. The Morgan fingerprint density at radius 3 is 1.33 bits per heavy atom. The number of hydrogen-bond donors (Lipinski definition) is 0. The van der Waals surface area contributed by atoms with Gasteiger partial charge in [0, 0.05) is 32.8 Å². The molecule has 0 aliphatic carbocycles. The maximum absolute atomic E-state index is 2.51. The Bertz CT molecular complexity index is 4310. The molecule has 0 aliphatic heterocycles. The van der Waals surface area contributed by atoms with Gasteiger partial charge in [0.2, 0.25) is 0 Å². The topological polar surface area (TPSA) is 8.17 Å². The number of nitrogens with zero attached hydrogens (tertiary/aromatic N) is 2. The van der Waals surface area contributed by atoms with Gasteiger partial charge in [-0.1, -0.05) is 256 Å². The van der Waals surface area contributed by atoms with E-state index in [0.29, 0.717) is 0 Å². The number of fused-ring (bicyclic) bond motifs is 3. The Labute approximate surface area is 460 Å². The van der Waals surface area contributed by atoms with Crippen LogP contribution in [0.3, 0.4) is 0 Å². The summed E-state index contributed by atoms with van der Waals surface area (Å²) in [6.45, 7) is 20.7. The number of anilines is 3. The summed E-state index contributed by atoms with van der Waals surface area (Å²) >= 11 is 0.